The molecule has 0 aliphatic heterocycles. The van der Waals surface area contributed by atoms with E-state index in [2.05, 4.69) is 10.3 Å². The quantitative estimate of drug-likeness (QED) is 0.677. The number of hydrogen-bond donors (Lipinski definition) is 1. The van der Waals surface area contributed by atoms with Gasteiger partial charge in [0, 0.05) is 17.8 Å². The minimum atomic E-state index is -4.59. The number of rotatable bonds is 2. The van der Waals surface area contributed by atoms with Crippen LogP contribution in [0.1, 0.15) is 15.9 Å². The topological polar surface area (TPSA) is 42.0 Å². The van der Waals surface area contributed by atoms with Crippen molar-refractivity contribution in [2.24, 2.45) is 0 Å². The van der Waals surface area contributed by atoms with Crippen LogP contribution >= 0.6 is 0 Å². The van der Waals surface area contributed by atoms with Crippen LogP contribution in [0.25, 0.3) is 0 Å². The normalized spacial score (nSPS) is 11.2. The maximum atomic E-state index is 12.9. The second-order valence-electron chi connectivity index (χ2n) is 3.86. The molecule has 0 atom stereocenters. The number of halogens is 4. The van der Waals surface area contributed by atoms with Gasteiger partial charge >= 0.3 is 6.18 Å². The first-order valence-corrected chi connectivity index (χ1v) is 5.47. The van der Waals surface area contributed by atoms with Crippen LogP contribution in [0.4, 0.5) is 23.2 Å². The van der Waals surface area contributed by atoms with Gasteiger partial charge in [-0.15, -0.1) is 0 Å². The molecule has 0 bridgehead atoms. The molecule has 0 aliphatic rings. The first-order valence-electron chi connectivity index (χ1n) is 5.47. The van der Waals surface area contributed by atoms with Gasteiger partial charge in [-0.25, -0.2) is 4.98 Å². The Balaban J connectivity index is 2.29. The van der Waals surface area contributed by atoms with E-state index in [0.717, 1.165) is 24.4 Å². The van der Waals surface area contributed by atoms with E-state index in [1.54, 1.807) is 0 Å². The van der Waals surface area contributed by atoms with Gasteiger partial charge in [0.2, 0.25) is 5.95 Å². The molecule has 7 heteroatoms. The summed E-state index contributed by atoms with van der Waals surface area (Å²) in [5.74, 6) is -1.73. The van der Waals surface area contributed by atoms with Crippen LogP contribution < -0.4 is 5.32 Å². The Morgan fingerprint density at radius 3 is 2.50 bits per heavy atom. The predicted molar refractivity (Wildman–Crippen MR) is 63.6 cm³/mol. The number of alkyl halides is 3. The molecule has 1 heterocycles. The number of nitrogens with one attached hydrogen (secondary N) is 1. The summed E-state index contributed by atoms with van der Waals surface area (Å²) in [6.07, 6.45) is -3.53. The number of nitrogens with zero attached hydrogens (tertiary/aromatic N) is 1. The van der Waals surface area contributed by atoms with Gasteiger partial charge < -0.3 is 5.32 Å². The highest BCUT2D eigenvalue weighted by atomic mass is 19.4. The third-order valence-electron chi connectivity index (χ3n) is 2.47. The van der Waals surface area contributed by atoms with Crippen molar-refractivity contribution in [3.8, 4) is 0 Å². The number of aromatic nitrogens is 1. The lowest BCUT2D eigenvalue weighted by atomic mass is 10.1. The summed E-state index contributed by atoms with van der Waals surface area (Å²) in [6, 6.07) is 6.59. The Morgan fingerprint density at radius 1 is 1.15 bits per heavy atom. The van der Waals surface area contributed by atoms with Gasteiger partial charge in [0.25, 0.3) is 5.91 Å². The highest BCUT2D eigenvalue weighted by molar-refractivity contribution is 6.04. The molecule has 0 spiro atoms. The first-order chi connectivity index (χ1) is 9.38. The maximum Gasteiger partial charge on any atom is 0.418 e. The molecule has 3 nitrogen and oxygen atoms in total. The molecule has 2 aromatic rings. The molecule has 1 amide bonds. The summed E-state index contributed by atoms with van der Waals surface area (Å²) >= 11 is 0. The fraction of sp³-hybridized carbons (Fsp3) is 0.0769. The van der Waals surface area contributed by atoms with E-state index in [9.17, 15) is 22.4 Å². The number of carbonyl (C=O) groups is 1. The molecule has 1 aromatic carbocycles. The zero-order chi connectivity index (χ0) is 14.8. The largest absolute Gasteiger partial charge is 0.418 e. The molecule has 0 aliphatic carbocycles. The Morgan fingerprint density at radius 2 is 1.85 bits per heavy atom. The van der Waals surface area contributed by atoms with E-state index < -0.39 is 23.6 Å². The van der Waals surface area contributed by atoms with E-state index >= 15 is 0 Å². The zero-order valence-corrected chi connectivity index (χ0v) is 9.91. The van der Waals surface area contributed by atoms with Crippen molar-refractivity contribution in [2.45, 2.75) is 6.18 Å². The lowest BCUT2D eigenvalue weighted by molar-refractivity contribution is -0.136. The van der Waals surface area contributed by atoms with Crippen LogP contribution in [0.15, 0.2) is 42.6 Å². The number of amides is 1. The third kappa shape index (κ3) is 3.11. The third-order valence-corrected chi connectivity index (χ3v) is 2.47. The van der Waals surface area contributed by atoms with Crippen LogP contribution in [-0.4, -0.2) is 10.9 Å². The number of anilines is 1. The van der Waals surface area contributed by atoms with Crippen molar-refractivity contribution >= 4 is 11.6 Å². The molecule has 2 rings (SSSR count). The second-order valence-corrected chi connectivity index (χ2v) is 3.86. The Labute approximate surface area is 111 Å². The van der Waals surface area contributed by atoms with Gasteiger partial charge in [-0.1, -0.05) is 12.1 Å². The minimum absolute atomic E-state index is 0.116. The SMILES string of the molecule is O=C(Nc1ccccc1C(F)(F)F)c1ccnc(F)c1. The summed E-state index contributed by atoms with van der Waals surface area (Å²) < 4.78 is 51.1. The Hall–Kier alpha value is -2.44. The highest BCUT2D eigenvalue weighted by Crippen LogP contribution is 2.34. The highest BCUT2D eigenvalue weighted by Gasteiger charge is 2.33. The molecular weight excluding hydrogens is 276 g/mol. The average Bonchev–Trinajstić information content (AvgIpc) is 2.38. The smallest absolute Gasteiger partial charge is 0.321 e. The van der Waals surface area contributed by atoms with E-state index in [0.29, 0.717) is 0 Å². The number of pyridine rings is 1. The number of carbonyl (C=O) groups excluding carboxylic acids is 1. The second kappa shape index (κ2) is 5.28. The van der Waals surface area contributed by atoms with E-state index in [4.69, 9.17) is 0 Å². The summed E-state index contributed by atoms with van der Waals surface area (Å²) in [5, 5.41) is 2.11. The van der Waals surface area contributed by atoms with Crippen LogP contribution in [0.5, 0.6) is 0 Å². The Bertz CT molecular complexity index is 640. The predicted octanol–water partition coefficient (Wildman–Crippen LogP) is 3.49. The molecule has 0 unspecified atom stereocenters. The molecule has 1 aromatic heterocycles. The molecule has 20 heavy (non-hydrogen) atoms. The molecule has 1 N–H and O–H groups in total. The standard InChI is InChI=1S/C13H8F4N2O/c14-11-7-8(5-6-18-11)12(20)19-10-4-2-1-3-9(10)13(15,16)17/h1-7H,(H,19,20). The molecule has 0 fully saturated rings. The van der Waals surface area contributed by atoms with Crippen molar-refractivity contribution in [3.05, 3.63) is 59.7 Å². The van der Waals surface area contributed by atoms with Crippen LogP contribution in [0, 0.1) is 5.95 Å². The van der Waals surface area contributed by atoms with Gasteiger partial charge in [-0.2, -0.15) is 17.6 Å². The van der Waals surface area contributed by atoms with Gasteiger partial charge in [0.05, 0.1) is 11.3 Å². The first kappa shape index (κ1) is 14.0. The Kier molecular flexibility index (Phi) is 3.69. The van der Waals surface area contributed by atoms with Gasteiger partial charge in [-0.05, 0) is 18.2 Å². The summed E-state index contributed by atoms with van der Waals surface area (Å²) in [5.41, 5.74) is -1.47. The summed E-state index contributed by atoms with van der Waals surface area (Å²) in [7, 11) is 0. The molecule has 104 valence electrons. The average molecular weight is 284 g/mol. The van der Waals surface area contributed by atoms with Crippen LogP contribution in [-0.2, 0) is 6.18 Å². The summed E-state index contributed by atoms with van der Waals surface area (Å²) in [6.45, 7) is 0. The van der Waals surface area contributed by atoms with Gasteiger partial charge in [0.1, 0.15) is 0 Å². The lowest BCUT2D eigenvalue weighted by Crippen LogP contribution is -2.16. The monoisotopic (exact) mass is 284 g/mol. The van der Waals surface area contributed by atoms with Crippen LogP contribution in [0.3, 0.4) is 0 Å². The lowest BCUT2D eigenvalue weighted by Gasteiger charge is -2.13. The van der Waals surface area contributed by atoms with Crippen LogP contribution in [0.2, 0.25) is 0 Å². The minimum Gasteiger partial charge on any atom is -0.321 e. The maximum absolute atomic E-state index is 12.9. The van der Waals surface area contributed by atoms with Crippen molar-refractivity contribution in [1.82, 2.24) is 4.98 Å². The van der Waals surface area contributed by atoms with Gasteiger partial charge in [-0.3, -0.25) is 4.79 Å². The molecule has 0 saturated carbocycles. The fourth-order valence-corrected chi connectivity index (χ4v) is 1.58. The van der Waals surface area contributed by atoms with Crippen molar-refractivity contribution in [1.29, 1.82) is 0 Å². The van der Waals surface area contributed by atoms with E-state index in [-0.39, 0.29) is 11.3 Å². The van der Waals surface area contributed by atoms with E-state index in [1.165, 1.54) is 18.2 Å². The number of hydrogen-bond acceptors (Lipinski definition) is 2. The van der Waals surface area contributed by atoms with Gasteiger partial charge in [0.15, 0.2) is 0 Å². The zero-order valence-electron chi connectivity index (χ0n) is 9.91. The number of benzene rings is 1. The number of para-hydroxylation sites is 1. The molecule has 0 radical (unpaired) electrons. The molecular formula is C13H8F4N2O. The van der Waals surface area contributed by atoms with Crippen molar-refractivity contribution < 1.29 is 22.4 Å². The van der Waals surface area contributed by atoms with Crippen molar-refractivity contribution in [3.63, 3.8) is 0 Å². The van der Waals surface area contributed by atoms with Crippen molar-refractivity contribution in [2.75, 3.05) is 5.32 Å². The molecule has 0 saturated heterocycles. The fourth-order valence-electron chi connectivity index (χ4n) is 1.58. The van der Waals surface area contributed by atoms with E-state index in [1.807, 2.05) is 0 Å². The summed E-state index contributed by atoms with van der Waals surface area (Å²) in [4.78, 5) is 15.0.